The minimum atomic E-state index is 0. The Morgan fingerprint density at radius 2 is 1.63 bits per heavy atom. The molecule has 8 nitrogen and oxygen atoms in total. The summed E-state index contributed by atoms with van der Waals surface area (Å²) < 4.78 is 11.5. The second kappa shape index (κ2) is 10.9. The van der Waals surface area contributed by atoms with Crippen LogP contribution in [-0.2, 0) is 4.74 Å². The van der Waals surface area contributed by atoms with Gasteiger partial charge < -0.3 is 26.3 Å². The van der Waals surface area contributed by atoms with Crippen LogP contribution in [0.25, 0.3) is 22.5 Å². The van der Waals surface area contributed by atoms with E-state index in [1.165, 1.54) is 0 Å². The van der Waals surface area contributed by atoms with E-state index in [4.69, 9.17) is 15.2 Å². The Balaban J connectivity index is 0.00000289. The van der Waals surface area contributed by atoms with Crippen LogP contribution in [0.15, 0.2) is 79.0 Å². The molecule has 0 bridgehead atoms. The van der Waals surface area contributed by atoms with Gasteiger partial charge in [0.2, 0.25) is 5.95 Å². The summed E-state index contributed by atoms with van der Waals surface area (Å²) in [4.78, 5) is 15.7. The zero-order valence-corrected chi connectivity index (χ0v) is 19.8. The summed E-state index contributed by atoms with van der Waals surface area (Å²) in [7, 11) is 1.74. The number of hydrogen-bond acceptors (Lipinski definition) is 8. The van der Waals surface area contributed by atoms with Crippen LogP contribution in [0.5, 0.6) is 11.5 Å². The van der Waals surface area contributed by atoms with Crippen LogP contribution >= 0.6 is 0 Å². The van der Waals surface area contributed by atoms with Crippen LogP contribution in [0.3, 0.4) is 0 Å². The normalized spacial score (nSPS) is 15.0. The second-order valence-electron chi connectivity index (χ2n) is 8.28. The number of pyridine rings is 1. The van der Waals surface area contributed by atoms with Gasteiger partial charge in [-0.15, -0.1) is 0 Å². The summed E-state index contributed by atoms with van der Waals surface area (Å²) in [5.41, 5.74) is 9.49. The Hall–Kier alpha value is -4.01. The molecule has 35 heavy (non-hydrogen) atoms. The molecule has 0 aliphatic carbocycles. The van der Waals surface area contributed by atoms with E-state index in [9.17, 15) is 0 Å². The summed E-state index contributed by atoms with van der Waals surface area (Å²) >= 11 is 0. The summed E-state index contributed by atoms with van der Waals surface area (Å²) in [5.74, 6) is 2.65. The van der Waals surface area contributed by atoms with E-state index in [0.717, 1.165) is 59.2 Å². The number of nitrogens with two attached hydrogens (primary N) is 1. The maximum absolute atomic E-state index is 6.13. The van der Waals surface area contributed by atoms with Gasteiger partial charge in [0.25, 0.3) is 0 Å². The molecular weight excluding hydrogens is 440 g/mol. The first-order chi connectivity index (χ1) is 16.7. The Kier molecular flexibility index (Phi) is 7.54. The zero-order chi connectivity index (χ0) is 23.3. The second-order valence-corrected chi connectivity index (χ2v) is 8.28. The number of benzene rings is 2. The molecule has 1 aliphatic heterocycles. The maximum Gasteiger partial charge on any atom is 0.221 e. The average Bonchev–Trinajstić information content (AvgIpc) is 3.33. The van der Waals surface area contributed by atoms with Crippen molar-refractivity contribution in [2.45, 2.75) is 18.9 Å². The van der Waals surface area contributed by atoms with Gasteiger partial charge in [-0.2, -0.15) is 0 Å². The van der Waals surface area contributed by atoms with Crippen molar-refractivity contribution in [2.24, 2.45) is 0 Å². The Labute approximate surface area is 205 Å². The number of hydrogen-bond donors (Lipinski definition) is 2. The Bertz CT molecular complexity index is 1250. The zero-order valence-electron chi connectivity index (χ0n) is 19.8. The molecule has 1 saturated heterocycles. The van der Waals surface area contributed by atoms with Crippen molar-refractivity contribution >= 4 is 11.8 Å². The molecule has 1 unspecified atom stereocenters. The lowest BCUT2D eigenvalue weighted by molar-refractivity contribution is 0.180. The topological polar surface area (TPSA) is 121 Å². The largest absolute Gasteiger partial charge is 0.457 e. The third-order valence-electron chi connectivity index (χ3n) is 5.95. The maximum atomic E-state index is 6.13. The number of aromatic nitrogens is 3. The third kappa shape index (κ3) is 5.56. The predicted molar refractivity (Wildman–Crippen MR) is 139 cm³/mol. The van der Waals surface area contributed by atoms with Crippen LogP contribution in [0.1, 0.15) is 12.8 Å². The van der Waals surface area contributed by atoms with Crippen LogP contribution in [0.4, 0.5) is 11.8 Å². The third-order valence-corrected chi connectivity index (χ3v) is 5.95. The number of methoxy groups -OCH3 is 1. The molecule has 1 aliphatic rings. The summed E-state index contributed by atoms with van der Waals surface area (Å²) in [6, 6.07) is 23.9. The highest BCUT2D eigenvalue weighted by molar-refractivity contribution is 5.69. The minimum absolute atomic E-state index is 0. The molecule has 1 fully saturated rings. The Morgan fingerprint density at radius 3 is 2.34 bits per heavy atom. The van der Waals surface area contributed by atoms with E-state index in [0.29, 0.717) is 12.6 Å². The summed E-state index contributed by atoms with van der Waals surface area (Å²) in [6.45, 7) is 1.68. The van der Waals surface area contributed by atoms with Gasteiger partial charge in [0.1, 0.15) is 17.3 Å². The van der Waals surface area contributed by atoms with Crippen LogP contribution in [-0.4, -0.2) is 41.3 Å². The molecular formula is C27H30N6O2. The molecule has 2 aromatic heterocycles. The van der Waals surface area contributed by atoms with Crippen molar-refractivity contribution in [3.05, 3.63) is 79.0 Å². The van der Waals surface area contributed by atoms with E-state index in [1.54, 1.807) is 13.3 Å². The number of nitrogen functional groups attached to an aromatic ring is 1. The van der Waals surface area contributed by atoms with Gasteiger partial charge in [0.05, 0.1) is 24.0 Å². The molecule has 1 atom stereocenters. The highest BCUT2D eigenvalue weighted by Crippen LogP contribution is 2.30. The SMILES string of the molecule is COCC1CCCN1c1cc(Oc2ccc(-c3cc(-c4ccccc4)nc(N)n3)cc2)ccn1.N. The standard InChI is InChI=1S/C27H27N5O2.H3N/c1-33-18-21-8-5-15-32(21)26-16-23(13-14-29-26)34-22-11-9-20(10-12-22)25-17-24(30-27(28)31-25)19-6-3-2-4-7-19;/h2-4,6-7,9-14,16-17,21H,5,8,15,18H2,1H3,(H2,28,30,31);1H3. The average molecular weight is 471 g/mol. The monoisotopic (exact) mass is 470 g/mol. The van der Waals surface area contributed by atoms with Gasteiger partial charge in [-0.3, -0.25) is 0 Å². The van der Waals surface area contributed by atoms with Gasteiger partial charge in [-0.25, -0.2) is 15.0 Å². The fraction of sp³-hybridized carbons (Fsp3) is 0.222. The van der Waals surface area contributed by atoms with Crippen molar-refractivity contribution < 1.29 is 9.47 Å². The lowest BCUT2D eigenvalue weighted by Crippen LogP contribution is -2.33. The lowest BCUT2D eigenvalue weighted by atomic mass is 10.1. The van der Waals surface area contributed by atoms with Gasteiger partial charge in [0.15, 0.2) is 0 Å². The molecule has 0 amide bonds. The molecule has 8 heteroatoms. The molecule has 180 valence electrons. The molecule has 3 heterocycles. The van der Waals surface area contributed by atoms with Crippen molar-refractivity contribution in [3.8, 4) is 34.0 Å². The number of rotatable bonds is 7. The van der Waals surface area contributed by atoms with Crippen molar-refractivity contribution in [2.75, 3.05) is 30.9 Å². The fourth-order valence-electron chi connectivity index (χ4n) is 4.32. The van der Waals surface area contributed by atoms with Gasteiger partial charge in [-0.05, 0) is 49.2 Å². The molecule has 5 N–H and O–H groups in total. The van der Waals surface area contributed by atoms with Crippen molar-refractivity contribution in [1.29, 1.82) is 0 Å². The van der Waals surface area contributed by atoms with Crippen LogP contribution in [0.2, 0.25) is 0 Å². The highest BCUT2D eigenvalue weighted by atomic mass is 16.5. The highest BCUT2D eigenvalue weighted by Gasteiger charge is 2.25. The number of anilines is 2. The van der Waals surface area contributed by atoms with E-state index in [2.05, 4.69) is 19.9 Å². The summed E-state index contributed by atoms with van der Waals surface area (Å²) in [5, 5.41) is 0. The van der Waals surface area contributed by atoms with E-state index < -0.39 is 0 Å². The smallest absolute Gasteiger partial charge is 0.221 e. The quantitative estimate of drug-likeness (QED) is 0.370. The molecule has 4 aromatic rings. The number of nitrogens with zero attached hydrogens (tertiary/aromatic N) is 4. The van der Waals surface area contributed by atoms with Crippen molar-refractivity contribution in [3.63, 3.8) is 0 Å². The fourth-order valence-corrected chi connectivity index (χ4v) is 4.32. The van der Waals surface area contributed by atoms with E-state index in [1.807, 2.05) is 72.8 Å². The van der Waals surface area contributed by atoms with Gasteiger partial charge in [-0.1, -0.05) is 30.3 Å². The van der Waals surface area contributed by atoms with Crippen LogP contribution in [0, 0.1) is 0 Å². The molecule has 0 radical (unpaired) electrons. The van der Waals surface area contributed by atoms with Crippen LogP contribution < -0.4 is 21.5 Å². The van der Waals surface area contributed by atoms with Crippen molar-refractivity contribution in [1.82, 2.24) is 21.1 Å². The summed E-state index contributed by atoms with van der Waals surface area (Å²) in [6.07, 6.45) is 4.04. The molecule has 5 rings (SSSR count). The first-order valence-electron chi connectivity index (χ1n) is 11.4. The van der Waals surface area contributed by atoms with E-state index >= 15 is 0 Å². The molecule has 0 spiro atoms. The molecule has 2 aromatic carbocycles. The van der Waals surface area contributed by atoms with Gasteiger partial charge >= 0.3 is 0 Å². The van der Waals surface area contributed by atoms with Gasteiger partial charge in [0, 0.05) is 37.0 Å². The first-order valence-corrected chi connectivity index (χ1v) is 11.4. The van der Waals surface area contributed by atoms with E-state index in [-0.39, 0.29) is 12.1 Å². The lowest BCUT2D eigenvalue weighted by Gasteiger charge is -2.25. The predicted octanol–water partition coefficient (Wildman–Crippen LogP) is 5.36. The first kappa shape index (κ1) is 24.1. The Morgan fingerprint density at radius 1 is 0.914 bits per heavy atom. The minimum Gasteiger partial charge on any atom is -0.457 e. The molecule has 0 saturated carbocycles. The number of ether oxygens (including phenoxy) is 2.